The molecule has 2 N–H and O–H groups in total. The van der Waals surface area contributed by atoms with Crippen LogP contribution in [0, 0.1) is 5.95 Å². The number of rotatable bonds is 5. The minimum absolute atomic E-state index is 0.0776. The first kappa shape index (κ1) is 16.5. The Labute approximate surface area is 126 Å². The third kappa shape index (κ3) is 3.98. The predicted molar refractivity (Wildman–Crippen MR) is 77.7 cm³/mol. The molecule has 0 radical (unpaired) electrons. The van der Waals surface area contributed by atoms with Crippen molar-refractivity contribution in [2.24, 2.45) is 5.16 Å². The molecule has 0 unspecified atom stereocenters. The molecule has 5 nitrogen and oxygen atoms in total. The molecule has 1 aromatic rings. The van der Waals surface area contributed by atoms with Crippen LogP contribution < -0.4 is 10.5 Å². The van der Waals surface area contributed by atoms with E-state index in [1.54, 1.807) is 20.8 Å². The zero-order valence-electron chi connectivity index (χ0n) is 11.2. The summed E-state index contributed by atoms with van der Waals surface area (Å²) in [5, 5.41) is 3.29. The fourth-order valence-electron chi connectivity index (χ4n) is 1.05. The molecule has 1 heterocycles. The zero-order chi connectivity index (χ0) is 15.4. The third-order valence-electron chi connectivity index (χ3n) is 2.13. The van der Waals surface area contributed by atoms with Gasteiger partial charge in [-0.15, -0.1) is 0 Å². The van der Waals surface area contributed by atoms with Gasteiger partial charge in [0, 0.05) is 0 Å². The highest BCUT2D eigenvalue weighted by atomic mass is 35.5. The number of nitrogens with two attached hydrogens (primary N) is 1. The van der Waals surface area contributed by atoms with Gasteiger partial charge in [-0.3, -0.25) is 0 Å². The van der Waals surface area contributed by atoms with Crippen LogP contribution in [0.15, 0.2) is 17.5 Å². The van der Waals surface area contributed by atoms with Crippen molar-refractivity contribution < 1.29 is 14.0 Å². The molecule has 1 aromatic heterocycles. The predicted octanol–water partition coefficient (Wildman–Crippen LogP) is 3.80. The summed E-state index contributed by atoms with van der Waals surface area (Å²) in [7, 11) is 0. The molecule has 0 aliphatic carbocycles. The van der Waals surface area contributed by atoms with Crippen LogP contribution in [0.4, 0.5) is 10.1 Å². The summed E-state index contributed by atoms with van der Waals surface area (Å²) in [5.74, 6) is -0.955. The average Bonchev–Trinajstić information content (AvgIpc) is 2.39. The molecule has 0 spiro atoms. The molecule has 0 bridgehead atoms. The zero-order valence-corrected chi connectivity index (χ0v) is 12.7. The lowest BCUT2D eigenvalue weighted by Gasteiger charge is -2.16. The molecule has 0 fully saturated rings. The molecule has 1 rings (SSSR count). The number of oxime groups is 1. The Hall–Kier alpha value is -1.53. The number of hydrogen-bond acceptors (Lipinski definition) is 5. The molecule has 0 saturated heterocycles. The van der Waals surface area contributed by atoms with Gasteiger partial charge >= 0.3 is 0 Å². The quantitative estimate of drug-likeness (QED) is 0.387. The van der Waals surface area contributed by atoms with Gasteiger partial charge in [0.15, 0.2) is 11.9 Å². The van der Waals surface area contributed by atoms with Crippen molar-refractivity contribution in [1.82, 2.24) is 4.98 Å². The van der Waals surface area contributed by atoms with Crippen LogP contribution >= 0.6 is 23.2 Å². The molecule has 110 valence electrons. The first-order chi connectivity index (χ1) is 9.23. The summed E-state index contributed by atoms with van der Waals surface area (Å²) in [6.07, 6.45) is -0.664. The summed E-state index contributed by atoms with van der Waals surface area (Å²) in [6.45, 7) is 8.77. The van der Waals surface area contributed by atoms with E-state index in [1.807, 2.05) is 0 Å². The van der Waals surface area contributed by atoms with E-state index in [0.717, 1.165) is 0 Å². The smallest absolute Gasteiger partial charge is 0.238 e. The summed E-state index contributed by atoms with van der Waals surface area (Å²) in [6, 6.07) is 0. The van der Waals surface area contributed by atoms with E-state index in [2.05, 4.69) is 16.7 Å². The third-order valence-corrected chi connectivity index (χ3v) is 2.85. The van der Waals surface area contributed by atoms with Gasteiger partial charge in [-0.2, -0.15) is 9.37 Å². The van der Waals surface area contributed by atoms with Crippen molar-refractivity contribution in [3.05, 3.63) is 28.3 Å². The molecule has 0 aliphatic heterocycles. The van der Waals surface area contributed by atoms with Gasteiger partial charge in [-0.1, -0.05) is 34.9 Å². The number of anilines is 1. The van der Waals surface area contributed by atoms with Crippen molar-refractivity contribution in [2.45, 2.75) is 26.9 Å². The van der Waals surface area contributed by atoms with Crippen LogP contribution in [0.2, 0.25) is 10.0 Å². The Kier molecular flexibility index (Phi) is 5.59. The van der Waals surface area contributed by atoms with Crippen LogP contribution in [0.1, 0.15) is 20.8 Å². The summed E-state index contributed by atoms with van der Waals surface area (Å²) >= 11 is 11.5. The van der Waals surface area contributed by atoms with Crippen molar-refractivity contribution in [1.29, 1.82) is 0 Å². The molecular formula is C12H14Cl2FN3O2. The Balaban J connectivity index is 2.89. The summed E-state index contributed by atoms with van der Waals surface area (Å²) in [5.41, 5.74) is 6.10. The fourth-order valence-corrected chi connectivity index (χ4v) is 1.41. The van der Waals surface area contributed by atoms with Gasteiger partial charge < -0.3 is 15.3 Å². The molecule has 20 heavy (non-hydrogen) atoms. The van der Waals surface area contributed by atoms with Crippen LogP contribution in [0.5, 0.6) is 5.88 Å². The minimum atomic E-state index is -0.968. The fraction of sp³-hybridized carbons (Fsp3) is 0.333. The molecule has 0 aliphatic rings. The van der Waals surface area contributed by atoms with Crippen LogP contribution in [-0.4, -0.2) is 16.8 Å². The molecule has 8 heteroatoms. The number of nitrogen functional groups attached to an aromatic ring is 1. The Bertz CT molecular complexity index is 560. The molecule has 0 aromatic carbocycles. The van der Waals surface area contributed by atoms with Gasteiger partial charge in [-0.25, -0.2) is 0 Å². The maximum Gasteiger partial charge on any atom is 0.238 e. The van der Waals surface area contributed by atoms with Crippen molar-refractivity contribution in [2.75, 3.05) is 5.73 Å². The largest absolute Gasteiger partial charge is 0.465 e. The lowest BCUT2D eigenvalue weighted by molar-refractivity contribution is 0.129. The standard InChI is InChI=1S/C12H14Cl2FN3O2/c1-5(2)18-20-7(4)6(3)19-12-9(14)10(16)8(13)11(15)17-12/h6H,4H2,1-3H3,(H2,16,17)/t6-/m1/s1. The van der Waals surface area contributed by atoms with Gasteiger partial charge in [-0.05, 0) is 20.8 Å². The first-order valence-electron chi connectivity index (χ1n) is 5.57. The van der Waals surface area contributed by atoms with Crippen molar-refractivity contribution in [3.63, 3.8) is 0 Å². The topological polar surface area (TPSA) is 69.7 Å². The summed E-state index contributed by atoms with van der Waals surface area (Å²) < 4.78 is 18.7. The number of hydrogen-bond donors (Lipinski definition) is 1. The van der Waals surface area contributed by atoms with Crippen LogP contribution in [-0.2, 0) is 4.84 Å². The average molecular weight is 322 g/mol. The van der Waals surface area contributed by atoms with Crippen molar-refractivity contribution >= 4 is 34.6 Å². The van der Waals surface area contributed by atoms with Crippen molar-refractivity contribution in [3.8, 4) is 5.88 Å². The monoisotopic (exact) mass is 321 g/mol. The van der Waals surface area contributed by atoms with Gasteiger partial charge in [0.2, 0.25) is 11.8 Å². The lowest BCUT2D eigenvalue weighted by Crippen LogP contribution is -2.17. The van der Waals surface area contributed by atoms with Gasteiger partial charge in [0.1, 0.15) is 10.0 Å². The van der Waals surface area contributed by atoms with E-state index in [-0.39, 0.29) is 27.4 Å². The second-order valence-corrected chi connectivity index (χ2v) is 4.86. The second kappa shape index (κ2) is 6.76. The van der Waals surface area contributed by atoms with Gasteiger partial charge in [0.25, 0.3) is 0 Å². The van der Waals surface area contributed by atoms with E-state index in [4.69, 9.17) is 38.5 Å². The maximum absolute atomic E-state index is 13.4. The molecule has 0 saturated carbocycles. The number of aromatic nitrogens is 1. The number of ether oxygens (including phenoxy) is 1. The SMILES string of the molecule is C=C(ON=C(C)C)[C@@H](C)Oc1nc(F)c(Cl)c(N)c1Cl. The highest BCUT2D eigenvalue weighted by molar-refractivity contribution is 6.39. The minimum Gasteiger partial charge on any atom is -0.465 e. The molecule has 0 amide bonds. The number of halogens is 3. The second-order valence-electron chi connectivity index (χ2n) is 4.11. The highest BCUT2D eigenvalue weighted by Crippen LogP contribution is 2.35. The van der Waals surface area contributed by atoms with Gasteiger partial charge in [0.05, 0.1) is 11.4 Å². The van der Waals surface area contributed by atoms with E-state index in [9.17, 15) is 4.39 Å². The normalized spacial score (nSPS) is 11.7. The Morgan fingerprint density at radius 3 is 2.55 bits per heavy atom. The highest BCUT2D eigenvalue weighted by Gasteiger charge is 2.20. The number of pyridine rings is 1. The van der Waals surface area contributed by atoms with E-state index >= 15 is 0 Å². The lowest BCUT2D eigenvalue weighted by atomic mass is 10.3. The van der Waals surface area contributed by atoms with Crippen LogP contribution in [0.3, 0.4) is 0 Å². The Morgan fingerprint density at radius 1 is 1.40 bits per heavy atom. The molecule has 1 atom stereocenters. The van der Waals surface area contributed by atoms with E-state index in [1.165, 1.54) is 0 Å². The number of nitrogens with zero attached hydrogens (tertiary/aromatic N) is 2. The van der Waals surface area contributed by atoms with Crippen LogP contribution in [0.25, 0.3) is 0 Å². The first-order valence-corrected chi connectivity index (χ1v) is 6.33. The van der Waals surface area contributed by atoms with E-state index in [0.29, 0.717) is 5.71 Å². The summed E-state index contributed by atoms with van der Waals surface area (Å²) in [4.78, 5) is 8.49. The molecular weight excluding hydrogens is 308 g/mol. The van der Waals surface area contributed by atoms with E-state index < -0.39 is 12.1 Å². The maximum atomic E-state index is 13.4. The Morgan fingerprint density at radius 2 is 2.00 bits per heavy atom.